The zero-order valence-electron chi connectivity index (χ0n) is 12.7. The Balaban J connectivity index is 1.77. The molecule has 3 atom stereocenters. The van der Waals surface area contributed by atoms with Gasteiger partial charge in [0.1, 0.15) is 5.82 Å². The lowest BCUT2D eigenvalue weighted by Gasteiger charge is -2.39. The van der Waals surface area contributed by atoms with E-state index in [0.717, 1.165) is 38.2 Å². The molecule has 21 heavy (non-hydrogen) atoms. The number of fused-ring (bicyclic) bond motifs is 1. The van der Waals surface area contributed by atoms with Crippen molar-refractivity contribution >= 4 is 0 Å². The van der Waals surface area contributed by atoms with Gasteiger partial charge in [-0.15, -0.1) is 0 Å². The molecule has 0 amide bonds. The molecule has 2 heterocycles. The molecule has 1 aromatic rings. The summed E-state index contributed by atoms with van der Waals surface area (Å²) >= 11 is 0. The van der Waals surface area contributed by atoms with E-state index >= 15 is 0 Å². The first-order valence-corrected chi connectivity index (χ1v) is 8.13. The number of halogens is 1. The van der Waals surface area contributed by atoms with E-state index < -0.39 is 0 Å². The van der Waals surface area contributed by atoms with Crippen molar-refractivity contribution in [3.05, 3.63) is 35.6 Å². The highest BCUT2D eigenvalue weighted by atomic mass is 19.1. The normalized spacial score (nSPS) is 27.5. The third-order valence-electron chi connectivity index (χ3n) is 4.64. The molecule has 3 nitrogen and oxygen atoms in total. The Morgan fingerprint density at radius 2 is 2.29 bits per heavy atom. The number of rotatable bonds is 5. The van der Waals surface area contributed by atoms with Crippen LogP contribution in [-0.2, 0) is 4.74 Å². The Morgan fingerprint density at radius 3 is 3.10 bits per heavy atom. The fourth-order valence-corrected chi connectivity index (χ4v) is 3.51. The van der Waals surface area contributed by atoms with Crippen LogP contribution in [0.2, 0.25) is 0 Å². The molecule has 0 radical (unpaired) electrons. The van der Waals surface area contributed by atoms with Crippen LogP contribution in [0.1, 0.15) is 37.8 Å². The number of benzene rings is 1. The number of hydrogen-bond acceptors (Lipinski definition) is 3. The average molecular weight is 292 g/mol. The molecule has 2 aliphatic rings. The Labute approximate surface area is 126 Å². The molecular weight excluding hydrogens is 267 g/mol. The first kappa shape index (κ1) is 14.9. The van der Waals surface area contributed by atoms with Gasteiger partial charge in [-0.2, -0.15) is 0 Å². The summed E-state index contributed by atoms with van der Waals surface area (Å²) in [7, 11) is 0. The fraction of sp³-hybridized carbons (Fsp3) is 0.647. The van der Waals surface area contributed by atoms with E-state index in [1.54, 1.807) is 6.07 Å². The lowest BCUT2D eigenvalue weighted by Crippen LogP contribution is -2.50. The standard InChI is InChI=1S/C17H25FN2O/c1-2-9-19-17(14-7-3-4-8-15(14)18)16-11-20-10-5-6-13(20)12-21-16/h3-4,7-8,13,16-17,19H,2,5-6,9-12H2,1H3. The molecule has 1 N–H and O–H groups in total. The van der Waals surface area contributed by atoms with E-state index in [9.17, 15) is 4.39 Å². The largest absolute Gasteiger partial charge is 0.373 e. The Bertz CT molecular complexity index is 468. The Morgan fingerprint density at radius 1 is 1.43 bits per heavy atom. The molecule has 1 aromatic carbocycles. The van der Waals surface area contributed by atoms with Gasteiger partial charge < -0.3 is 10.1 Å². The predicted octanol–water partition coefficient (Wildman–Crippen LogP) is 2.73. The van der Waals surface area contributed by atoms with Crippen LogP contribution in [0.5, 0.6) is 0 Å². The van der Waals surface area contributed by atoms with Crippen molar-refractivity contribution in [1.29, 1.82) is 0 Å². The molecule has 2 saturated heterocycles. The lowest BCUT2D eigenvalue weighted by molar-refractivity contribution is -0.0656. The number of nitrogens with one attached hydrogen (secondary N) is 1. The van der Waals surface area contributed by atoms with Gasteiger partial charge in [0, 0.05) is 18.2 Å². The number of hydrogen-bond donors (Lipinski definition) is 1. The molecule has 4 heteroatoms. The van der Waals surface area contributed by atoms with Crippen LogP contribution in [-0.4, -0.2) is 43.3 Å². The average Bonchev–Trinajstić information content (AvgIpc) is 2.97. The van der Waals surface area contributed by atoms with Crippen molar-refractivity contribution in [3.63, 3.8) is 0 Å². The van der Waals surface area contributed by atoms with Gasteiger partial charge in [-0.05, 0) is 38.4 Å². The zero-order valence-corrected chi connectivity index (χ0v) is 12.7. The topological polar surface area (TPSA) is 24.5 Å². The summed E-state index contributed by atoms with van der Waals surface area (Å²) in [5.74, 6) is -0.141. The highest BCUT2D eigenvalue weighted by Gasteiger charge is 2.36. The smallest absolute Gasteiger partial charge is 0.128 e. The Hall–Kier alpha value is -0.970. The number of ether oxygens (including phenoxy) is 1. The summed E-state index contributed by atoms with van der Waals surface area (Å²) in [5.41, 5.74) is 0.730. The minimum Gasteiger partial charge on any atom is -0.373 e. The van der Waals surface area contributed by atoms with Gasteiger partial charge in [0.2, 0.25) is 0 Å². The van der Waals surface area contributed by atoms with E-state index in [4.69, 9.17) is 4.74 Å². The van der Waals surface area contributed by atoms with Crippen LogP contribution in [0.3, 0.4) is 0 Å². The van der Waals surface area contributed by atoms with Crippen LogP contribution in [0.15, 0.2) is 24.3 Å². The molecule has 0 saturated carbocycles. The maximum absolute atomic E-state index is 14.2. The second-order valence-electron chi connectivity index (χ2n) is 6.12. The highest BCUT2D eigenvalue weighted by Crippen LogP contribution is 2.29. The molecule has 0 aromatic heterocycles. The second-order valence-corrected chi connectivity index (χ2v) is 6.12. The molecular formula is C17H25FN2O. The van der Waals surface area contributed by atoms with E-state index in [0.29, 0.717) is 6.04 Å². The van der Waals surface area contributed by atoms with Gasteiger partial charge in [0.05, 0.1) is 18.8 Å². The predicted molar refractivity (Wildman–Crippen MR) is 81.8 cm³/mol. The summed E-state index contributed by atoms with van der Waals surface area (Å²) in [4.78, 5) is 2.51. The zero-order chi connectivity index (χ0) is 14.7. The van der Waals surface area contributed by atoms with Crippen molar-refractivity contribution in [3.8, 4) is 0 Å². The quantitative estimate of drug-likeness (QED) is 0.903. The molecule has 2 aliphatic heterocycles. The van der Waals surface area contributed by atoms with Crippen LogP contribution in [0.25, 0.3) is 0 Å². The summed E-state index contributed by atoms with van der Waals surface area (Å²) in [6, 6.07) is 7.58. The maximum atomic E-state index is 14.2. The van der Waals surface area contributed by atoms with Crippen LogP contribution >= 0.6 is 0 Å². The SMILES string of the molecule is CCCNC(c1ccccc1F)C1CN2CCCC2CO1. The molecule has 2 fully saturated rings. The van der Waals surface area contributed by atoms with Gasteiger partial charge in [-0.3, -0.25) is 4.90 Å². The van der Waals surface area contributed by atoms with Gasteiger partial charge in [-0.25, -0.2) is 4.39 Å². The third-order valence-corrected chi connectivity index (χ3v) is 4.64. The summed E-state index contributed by atoms with van der Waals surface area (Å²) < 4.78 is 20.3. The van der Waals surface area contributed by atoms with Gasteiger partial charge in [0.15, 0.2) is 0 Å². The summed E-state index contributed by atoms with van der Waals surface area (Å²) in [6.07, 6.45) is 3.56. The van der Waals surface area contributed by atoms with Crippen molar-refractivity contribution in [2.24, 2.45) is 0 Å². The molecule has 3 rings (SSSR count). The number of nitrogens with zero attached hydrogens (tertiary/aromatic N) is 1. The van der Waals surface area contributed by atoms with E-state index in [2.05, 4.69) is 17.1 Å². The monoisotopic (exact) mass is 292 g/mol. The van der Waals surface area contributed by atoms with Crippen LogP contribution in [0, 0.1) is 5.82 Å². The molecule has 116 valence electrons. The van der Waals surface area contributed by atoms with E-state index in [-0.39, 0.29) is 18.0 Å². The van der Waals surface area contributed by atoms with Gasteiger partial charge in [-0.1, -0.05) is 25.1 Å². The maximum Gasteiger partial charge on any atom is 0.128 e. The molecule has 0 spiro atoms. The summed E-state index contributed by atoms with van der Waals surface area (Å²) in [6.45, 7) is 5.85. The second kappa shape index (κ2) is 6.86. The van der Waals surface area contributed by atoms with Crippen LogP contribution < -0.4 is 5.32 Å². The van der Waals surface area contributed by atoms with Gasteiger partial charge >= 0.3 is 0 Å². The van der Waals surface area contributed by atoms with E-state index in [1.165, 1.54) is 18.9 Å². The minimum absolute atomic E-state index is 0.0304. The molecule has 0 aliphatic carbocycles. The van der Waals surface area contributed by atoms with Gasteiger partial charge in [0.25, 0.3) is 0 Å². The number of morpholine rings is 1. The molecule has 0 bridgehead atoms. The minimum atomic E-state index is -0.141. The first-order chi connectivity index (χ1) is 10.3. The molecule has 3 unspecified atom stereocenters. The fourth-order valence-electron chi connectivity index (χ4n) is 3.51. The van der Waals surface area contributed by atoms with Crippen molar-refractivity contribution in [2.45, 2.75) is 44.4 Å². The van der Waals surface area contributed by atoms with E-state index in [1.807, 2.05) is 12.1 Å². The first-order valence-electron chi connectivity index (χ1n) is 8.13. The van der Waals surface area contributed by atoms with Crippen molar-refractivity contribution in [1.82, 2.24) is 10.2 Å². The lowest BCUT2D eigenvalue weighted by atomic mass is 9.98. The third kappa shape index (κ3) is 3.28. The highest BCUT2D eigenvalue weighted by molar-refractivity contribution is 5.23. The van der Waals surface area contributed by atoms with Crippen LogP contribution in [0.4, 0.5) is 4.39 Å². The van der Waals surface area contributed by atoms with Crippen molar-refractivity contribution < 1.29 is 9.13 Å². The summed E-state index contributed by atoms with van der Waals surface area (Å²) in [5, 5.41) is 3.48. The van der Waals surface area contributed by atoms with Crippen molar-refractivity contribution in [2.75, 3.05) is 26.2 Å². The Kier molecular flexibility index (Phi) is 4.88.